The van der Waals surface area contributed by atoms with Crippen LogP contribution in [0.15, 0.2) is 41.3 Å². The van der Waals surface area contributed by atoms with Crippen LogP contribution in [0.25, 0.3) is 11.0 Å². The first kappa shape index (κ1) is 19.3. The third-order valence-corrected chi connectivity index (χ3v) is 6.04. The lowest BCUT2D eigenvalue weighted by atomic mass is 10.0. The van der Waals surface area contributed by atoms with Gasteiger partial charge in [0.1, 0.15) is 5.52 Å². The molecule has 0 amide bonds. The van der Waals surface area contributed by atoms with Crippen LogP contribution in [0.4, 0.5) is 11.5 Å². The zero-order valence-corrected chi connectivity index (χ0v) is 17.1. The van der Waals surface area contributed by atoms with Crippen LogP contribution in [0.5, 0.6) is 0 Å². The summed E-state index contributed by atoms with van der Waals surface area (Å²) in [6.07, 6.45) is 3.37. The highest BCUT2D eigenvalue weighted by Crippen LogP contribution is 2.33. The number of nitrogens with two attached hydrogens (primary N) is 1. The summed E-state index contributed by atoms with van der Waals surface area (Å²) in [5.74, 6) is -0.300. The molecule has 5 rings (SSSR count). The van der Waals surface area contributed by atoms with E-state index in [2.05, 4.69) is 14.9 Å². The van der Waals surface area contributed by atoms with E-state index >= 15 is 0 Å². The summed E-state index contributed by atoms with van der Waals surface area (Å²) in [5.41, 5.74) is 8.64. The van der Waals surface area contributed by atoms with E-state index in [0.29, 0.717) is 35.8 Å². The molecule has 0 radical (unpaired) electrons. The number of rotatable bonds is 3. The number of fused-ring (bicyclic) bond motifs is 1. The number of aromatic nitrogens is 3. The van der Waals surface area contributed by atoms with Gasteiger partial charge in [-0.15, -0.1) is 0 Å². The van der Waals surface area contributed by atoms with Crippen LogP contribution in [0, 0.1) is 0 Å². The van der Waals surface area contributed by atoms with E-state index in [-0.39, 0.29) is 5.82 Å². The summed E-state index contributed by atoms with van der Waals surface area (Å²) in [6, 6.07) is 9.34. The number of benzene rings is 1. The first-order valence-corrected chi connectivity index (χ1v) is 10.3. The Kier molecular flexibility index (Phi) is 4.85. The maximum absolute atomic E-state index is 12.7. The number of nitrogens with zero attached hydrogens (tertiary/aromatic N) is 4. The second-order valence-corrected chi connectivity index (χ2v) is 8.08. The van der Waals surface area contributed by atoms with Crippen molar-refractivity contribution in [2.45, 2.75) is 25.2 Å². The fraction of sp³-hybridized carbons (Fsp3) is 0.381. The largest absolute Gasteiger partial charge is 0.382 e. The average Bonchev–Trinajstić information content (AvgIpc) is 3.20. The molecular formula is C21H22ClN5O3. The minimum atomic E-state index is -0.439. The van der Waals surface area contributed by atoms with Crippen LogP contribution >= 0.6 is 11.6 Å². The molecule has 156 valence electrons. The molecular weight excluding hydrogens is 406 g/mol. The molecule has 0 unspecified atom stereocenters. The molecule has 2 fully saturated rings. The second kappa shape index (κ2) is 7.54. The predicted octanol–water partition coefficient (Wildman–Crippen LogP) is 2.42. The van der Waals surface area contributed by atoms with Crippen LogP contribution in [0.1, 0.15) is 18.4 Å². The Hall–Kier alpha value is -2.68. The summed E-state index contributed by atoms with van der Waals surface area (Å²) in [4.78, 5) is 23.4. The molecule has 2 aromatic heterocycles. The number of nitrogen functional groups attached to an aromatic ring is 1. The Morgan fingerprint density at radius 1 is 1.13 bits per heavy atom. The Bertz CT molecular complexity index is 1130. The molecule has 1 spiro atoms. The number of pyridine rings is 1. The molecule has 0 atom stereocenters. The van der Waals surface area contributed by atoms with Crippen LogP contribution in [0.2, 0.25) is 5.02 Å². The van der Waals surface area contributed by atoms with E-state index in [1.807, 2.05) is 18.2 Å². The van der Waals surface area contributed by atoms with Crippen molar-refractivity contribution in [3.63, 3.8) is 0 Å². The number of hydrogen-bond donors (Lipinski definition) is 1. The number of piperidine rings is 1. The fourth-order valence-corrected chi connectivity index (χ4v) is 4.28. The Balaban J connectivity index is 1.49. The van der Waals surface area contributed by atoms with Gasteiger partial charge >= 0.3 is 5.69 Å². The minimum absolute atomic E-state index is 0.138. The first-order valence-electron chi connectivity index (χ1n) is 9.96. The Morgan fingerprint density at radius 3 is 2.53 bits per heavy atom. The molecule has 0 bridgehead atoms. The lowest BCUT2D eigenvalue weighted by Crippen LogP contribution is -2.45. The van der Waals surface area contributed by atoms with Crippen molar-refractivity contribution in [2.75, 3.05) is 36.9 Å². The molecule has 0 saturated carbocycles. The molecule has 8 nitrogen and oxygen atoms in total. The van der Waals surface area contributed by atoms with E-state index in [9.17, 15) is 4.79 Å². The van der Waals surface area contributed by atoms with Crippen molar-refractivity contribution in [1.82, 2.24) is 14.5 Å². The summed E-state index contributed by atoms with van der Waals surface area (Å²) < 4.78 is 13.2. The molecule has 9 heteroatoms. The van der Waals surface area contributed by atoms with Crippen LogP contribution in [0.3, 0.4) is 0 Å². The predicted molar refractivity (Wildman–Crippen MR) is 115 cm³/mol. The van der Waals surface area contributed by atoms with Crippen LogP contribution in [-0.2, 0) is 16.0 Å². The van der Waals surface area contributed by atoms with E-state index in [1.165, 1.54) is 0 Å². The molecule has 2 N–H and O–H groups in total. The van der Waals surface area contributed by atoms with Gasteiger partial charge in [0, 0.05) is 31.0 Å². The summed E-state index contributed by atoms with van der Waals surface area (Å²) in [5, 5.41) is 0.647. The number of halogens is 1. The lowest BCUT2D eigenvalue weighted by Gasteiger charge is -2.38. The van der Waals surface area contributed by atoms with Gasteiger partial charge in [-0.25, -0.2) is 9.78 Å². The third kappa shape index (κ3) is 3.51. The quantitative estimate of drug-likeness (QED) is 0.685. The zero-order valence-electron chi connectivity index (χ0n) is 16.4. The van der Waals surface area contributed by atoms with E-state index in [1.54, 1.807) is 22.9 Å². The van der Waals surface area contributed by atoms with Gasteiger partial charge in [0.2, 0.25) is 0 Å². The van der Waals surface area contributed by atoms with Crippen molar-refractivity contribution < 1.29 is 9.47 Å². The van der Waals surface area contributed by atoms with Gasteiger partial charge in [0.05, 0.1) is 37.2 Å². The summed E-state index contributed by atoms with van der Waals surface area (Å²) in [6.45, 7) is 3.24. The molecule has 30 heavy (non-hydrogen) atoms. The zero-order chi connectivity index (χ0) is 20.7. The van der Waals surface area contributed by atoms with Crippen molar-refractivity contribution in [3.8, 4) is 0 Å². The number of anilines is 2. The van der Waals surface area contributed by atoms with Gasteiger partial charge in [0.25, 0.3) is 0 Å². The third-order valence-electron chi connectivity index (χ3n) is 5.79. The normalized spacial score (nSPS) is 18.4. The maximum Gasteiger partial charge on any atom is 0.350 e. The molecule has 0 aliphatic carbocycles. The number of hydrogen-bond acceptors (Lipinski definition) is 7. The van der Waals surface area contributed by atoms with Crippen molar-refractivity contribution >= 4 is 34.1 Å². The highest BCUT2D eigenvalue weighted by Gasteiger charge is 2.39. The Labute approximate surface area is 178 Å². The van der Waals surface area contributed by atoms with Gasteiger partial charge in [0.15, 0.2) is 11.6 Å². The smallest absolute Gasteiger partial charge is 0.350 e. The number of ether oxygens (including phenoxy) is 2. The highest BCUT2D eigenvalue weighted by atomic mass is 35.5. The minimum Gasteiger partial charge on any atom is -0.382 e. The maximum atomic E-state index is 12.7. The van der Waals surface area contributed by atoms with E-state index in [4.69, 9.17) is 26.8 Å². The van der Waals surface area contributed by atoms with Crippen molar-refractivity contribution in [3.05, 3.63) is 57.6 Å². The molecule has 3 aromatic rings. The average molecular weight is 428 g/mol. The molecule has 2 aliphatic rings. The molecule has 2 saturated heterocycles. The van der Waals surface area contributed by atoms with Crippen molar-refractivity contribution in [2.24, 2.45) is 0 Å². The van der Waals surface area contributed by atoms with E-state index < -0.39 is 11.5 Å². The summed E-state index contributed by atoms with van der Waals surface area (Å²) >= 11 is 5.98. The molecule has 2 aliphatic heterocycles. The Morgan fingerprint density at radius 2 is 1.83 bits per heavy atom. The molecule has 4 heterocycles. The van der Waals surface area contributed by atoms with Gasteiger partial charge < -0.3 is 20.1 Å². The first-order chi connectivity index (χ1) is 14.5. The van der Waals surface area contributed by atoms with Crippen LogP contribution in [-0.4, -0.2) is 46.6 Å². The van der Waals surface area contributed by atoms with Gasteiger partial charge in [-0.2, -0.15) is 4.98 Å². The van der Waals surface area contributed by atoms with Gasteiger partial charge in [-0.05, 0) is 23.8 Å². The van der Waals surface area contributed by atoms with Crippen LogP contribution < -0.4 is 16.3 Å². The van der Waals surface area contributed by atoms with Gasteiger partial charge in [-0.1, -0.05) is 23.7 Å². The summed E-state index contributed by atoms with van der Waals surface area (Å²) in [7, 11) is 0. The lowest BCUT2D eigenvalue weighted by molar-refractivity contribution is -0.169. The second-order valence-electron chi connectivity index (χ2n) is 7.65. The van der Waals surface area contributed by atoms with Gasteiger partial charge in [-0.3, -0.25) is 4.57 Å². The standard InChI is InChI=1S/C21H22ClN5O3/c22-15-3-1-14(2-4-15)13-27-17-11-16(12-24-18(17)19(23)25-20(27)28)26-7-5-21(6-8-26)29-9-10-30-21/h1-4,11-12H,5-10,13H2,(H2,23,25,28). The van der Waals surface area contributed by atoms with E-state index in [0.717, 1.165) is 37.2 Å². The fourth-order valence-electron chi connectivity index (χ4n) is 4.15. The van der Waals surface area contributed by atoms with Crippen molar-refractivity contribution in [1.29, 1.82) is 0 Å². The monoisotopic (exact) mass is 427 g/mol. The SMILES string of the molecule is Nc1nc(=O)n(Cc2ccc(Cl)cc2)c2cc(N3CCC4(CC3)OCCO4)cnc12. The topological polar surface area (TPSA) is 95.5 Å². The molecule has 1 aromatic carbocycles. The highest BCUT2D eigenvalue weighted by molar-refractivity contribution is 6.30.